The third-order valence-corrected chi connectivity index (χ3v) is 13.0. The second-order valence-electron chi connectivity index (χ2n) is 14.0. The Morgan fingerprint density at radius 1 is 1.09 bits per heavy atom. The number of thiophene rings is 1. The molecule has 53 heavy (non-hydrogen) atoms. The largest absolute Gasteiger partial charge is 0.399 e. The number of fused-ring (bicyclic) bond motifs is 4. The van der Waals surface area contributed by atoms with E-state index < -0.39 is 53.9 Å². The zero-order valence-corrected chi connectivity index (χ0v) is 30.0. The molecule has 0 saturated carbocycles. The molecule has 0 aliphatic carbocycles. The number of nitriles is 1. The summed E-state index contributed by atoms with van der Waals surface area (Å²) in [7, 11) is -5.81. The molecule has 4 aliphatic rings. The molecular weight excluding hydrogens is 733 g/mol. The second kappa shape index (κ2) is 13.3. The van der Waals surface area contributed by atoms with E-state index in [1.165, 1.54) is 28.9 Å². The van der Waals surface area contributed by atoms with Gasteiger partial charge in [-0.1, -0.05) is 24.3 Å². The number of amides is 5. The molecule has 2 aromatic carbocycles. The Labute approximate surface area is 305 Å². The standard InChI is InChI=1S/C35H35F2N6O8PS/c1-19(44)41-11-10-24-7-8-27(32(47)42-17-23(14-38)34(18-42)25-4-2-3-5-26(25)40-33(34)48)43(24)31(46)21(16-41)15-39-30(45)29-13-20-12-22(6-9-28(20)53-29)35(36,37)52(49,50)51/h2-6,9,12-13,21,23-24,27H,7-8,10-11,15-18H2,1H3,(H,39,45)(H,40,48)(H2,49,50,51)/t21?,23-,24-,27+,34+/m1/s1. The normalized spacial score (nSPS) is 25.8. The molecule has 1 unspecified atom stereocenters. The van der Waals surface area contributed by atoms with Gasteiger partial charge >= 0.3 is 13.3 Å². The van der Waals surface area contributed by atoms with Crippen molar-refractivity contribution in [3.63, 3.8) is 0 Å². The molecule has 4 N–H and O–H groups in total. The molecule has 1 spiro atoms. The molecule has 7 rings (SSSR count). The molecular formula is C35H35F2N6O8PS. The van der Waals surface area contributed by atoms with Crippen LogP contribution in [0.4, 0.5) is 14.5 Å². The number of likely N-dealkylation sites (tertiary alicyclic amines) is 1. The van der Waals surface area contributed by atoms with Crippen LogP contribution in [0.1, 0.15) is 47.0 Å². The Bertz CT molecular complexity index is 2150. The van der Waals surface area contributed by atoms with Crippen LogP contribution < -0.4 is 10.6 Å². The highest BCUT2D eigenvalue weighted by molar-refractivity contribution is 7.52. The van der Waals surface area contributed by atoms with Gasteiger partial charge in [0.2, 0.25) is 23.6 Å². The van der Waals surface area contributed by atoms with E-state index in [4.69, 9.17) is 9.79 Å². The van der Waals surface area contributed by atoms with Crippen LogP contribution in [0.25, 0.3) is 10.1 Å². The Balaban J connectivity index is 1.11. The highest BCUT2D eigenvalue weighted by atomic mass is 32.1. The molecule has 3 fully saturated rings. The Morgan fingerprint density at radius 2 is 1.85 bits per heavy atom. The molecule has 3 aromatic rings. The summed E-state index contributed by atoms with van der Waals surface area (Å²) in [6, 6.07) is 12.4. The lowest BCUT2D eigenvalue weighted by molar-refractivity contribution is -0.150. The lowest BCUT2D eigenvalue weighted by atomic mass is 9.74. The number of hydrogen-bond donors (Lipinski definition) is 4. The summed E-state index contributed by atoms with van der Waals surface area (Å²) in [6.07, 6.45) is 1.25. The van der Waals surface area contributed by atoms with Gasteiger partial charge in [0, 0.05) is 61.6 Å². The van der Waals surface area contributed by atoms with Gasteiger partial charge in [0.1, 0.15) is 11.5 Å². The van der Waals surface area contributed by atoms with Gasteiger partial charge in [0.05, 0.1) is 22.8 Å². The van der Waals surface area contributed by atoms with Gasteiger partial charge in [-0.15, -0.1) is 11.3 Å². The van der Waals surface area contributed by atoms with Gasteiger partial charge in [-0.25, -0.2) is 0 Å². The fraction of sp³-hybridized carbons (Fsp3) is 0.429. The van der Waals surface area contributed by atoms with Crippen LogP contribution >= 0.6 is 18.9 Å². The summed E-state index contributed by atoms with van der Waals surface area (Å²) in [4.78, 5) is 90.9. The summed E-state index contributed by atoms with van der Waals surface area (Å²) in [5, 5.41) is 15.9. The molecule has 4 aliphatic heterocycles. The van der Waals surface area contributed by atoms with Crippen LogP contribution in [-0.4, -0.2) is 98.8 Å². The van der Waals surface area contributed by atoms with E-state index >= 15 is 0 Å². The topological polar surface area (TPSA) is 200 Å². The minimum absolute atomic E-state index is 0.00545. The molecule has 5 heterocycles. The molecule has 5 atom stereocenters. The third kappa shape index (κ3) is 6.07. The number of hydrogen-bond acceptors (Lipinski definition) is 8. The van der Waals surface area contributed by atoms with Crippen molar-refractivity contribution < 1.29 is 47.1 Å². The Morgan fingerprint density at radius 3 is 2.57 bits per heavy atom. The van der Waals surface area contributed by atoms with Crippen molar-refractivity contribution in [1.29, 1.82) is 5.26 Å². The van der Waals surface area contributed by atoms with Crippen molar-refractivity contribution >= 4 is 64.2 Å². The van der Waals surface area contributed by atoms with Gasteiger partial charge in [-0.2, -0.15) is 14.0 Å². The van der Waals surface area contributed by atoms with E-state index in [2.05, 4.69) is 16.7 Å². The lowest BCUT2D eigenvalue weighted by Crippen LogP contribution is -2.57. The number of nitrogens with one attached hydrogen (secondary N) is 2. The third-order valence-electron chi connectivity index (χ3n) is 10.9. The number of carbonyl (C=O) groups excluding carboxylic acids is 5. The predicted molar refractivity (Wildman–Crippen MR) is 187 cm³/mol. The number of carbonyl (C=O) groups is 5. The summed E-state index contributed by atoms with van der Waals surface area (Å²) >= 11 is 0.960. The first-order valence-electron chi connectivity index (χ1n) is 17.0. The maximum absolute atomic E-state index is 14.4. The summed E-state index contributed by atoms with van der Waals surface area (Å²) < 4.78 is 40.5. The predicted octanol–water partition coefficient (Wildman–Crippen LogP) is 2.96. The minimum atomic E-state index is -5.81. The molecule has 0 bridgehead atoms. The van der Waals surface area contributed by atoms with Crippen LogP contribution in [0, 0.1) is 23.2 Å². The summed E-state index contributed by atoms with van der Waals surface area (Å²) in [5.74, 6) is -3.84. The maximum Gasteiger partial charge on any atom is 0.399 e. The van der Waals surface area contributed by atoms with Crippen molar-refractivity contribution in [2.75, 3.05) is 38.0 Å². The maximum atomic E-state index is 14.4. The molecule has 14 nitrogen and oxygen atoms in total. The van der Waals surface area contributed by atoms with Crippen LogP contribution in [0.15, 0.2) is 48.5 Å². The number of para-hydroxylation sites is 1. The SMILES string of the molecule is CC(=O)N1CC[C@H]2CC[C@@H](C(=O)N3C[C@@H](C#N)[C@]4(C3)C(=O)Nc3ccccc34)N2C(=O)C(CNC(=O)c2cc3cc(C(F)(F)P(=O)(O)O)ccc3s2)C1. The van der Waals surface area contributed by atoms with Crippen molar-refractivity contribution in [3.05, 3.63) is 64.5 Å². The fourth-order valence-electron chi connectivity index (χ4n) is 8.17. The molecule has 18 heteroatoms. The zero-order chi connectivity index (χ0) is 38.0. The molecule has 0 radical (unpaired) electrons. The van der Waals surface area contributed by atoms with E-state index in [1.54, 1.807) is 29.2 Å². The van der Waals surface area contributed by atoms with Gasteiger partial charge < -0.3 is 35.1 Å². The highest BCUT2D eigenvalue weighted by Crippen LogP contribution is 2.59. The summed E-state index contributed by atoms with van der Waals surface area (Å²) in [5.41, 5.74) is -5.34. The molecule has 1 aromatic heterocycles. The highest BCUT2D eigenvalue weighted by Gasteiger charge is 2.60. The van der Waals surface area contributed by atoms with Crippen molar-refractivity contribution in [3.8, 4) is 6.07 Å². The quantitative estimate of drug-likeness (QED) is 0.272. The number of anilines is 1. The minimum Gasteiger partial charge on any atom is -0.350 e. The first-order valence-corrected chi connectivity index (χ1v) is 19.4. The second-order valence-corrected chi connectivity index (χ2v) is 16.7. The molecule has 5 amide bonds. The van der Waals surface area contributed by atoms with Crippen molar-refractivity contribution in [2.45, 2.75) is 49.3 Å². The number of rotatable bonds is 6. The average molecular weight is 769 g/mol. The van der Waals surface area contributed by atoms with Crippen molar-refractivity contribution in [2.24, 2.45) is 11.8 Å². The number of halogens is 2. The first kappa shape index (κ1) is 36.6. The van der Waals surface area contributed by atoms with E-state index in [9.17, 15) is 42.6 Å². The monoisotopic (exact) mass is 768 g/mol. The Hall–Kier alpha value is -4.75. The van der Waals surface area contributed by atoms with E-state index in [0.717, 1.165) is 23.5 Å². The first-order chi connectivity index (χ1) is 25.1. The van der Waals surface area contributed by atoms with Gasteiger partial charge in [0.15, 0.2) is 0 Å². The smallest absolute Gasteiger partial charge is 0.350 e. The number of alkyl halides is 2. The van der Waals surface area contributed by atoms with Crippen LogP contribution in [0.5, 0.6) is 0 Å². The van der Waals surface area contributed by atoms with Gasteiger partial charge in [-0.3, -0.25) is 28.5 Å². The fourth-order valence-corrected chi connectivity index (χ4v) is 9.60. The average Bonchev–Trinajstić information content (AvgIpc) is 3.89. The van der Waals surface area contributed by atoms with Gasteiger partial charge in [0.25, 0.3) is 5.91 Å². The number of nitrogens with zero attached hydrogens (tertiary/aromatic N) is 4. The lowest BCUT2D eigenvalue weighted by Gasteiger charge is -2.39. The van der Waals surface area contributed by atoms with E-state index in [-0.39, 0.29) is 60.2 Å². The zero-order valence-electron chi connectivity index (χ0n) is 28.3. The van der Waals surface area contributed by atoms with E-state index in [1.807, 2.05) is 0 Å². The van der Waals surface area contributed by atoms with Crippen LogP contribution in [-0.2, 0) is 34.8 Å². The van der Waals surface area contributed by atoms with Crippen LogP contribution in [0.2, 0.25) is 0 Å². The van der Waals surface area contributed by atoms with Crippen LogP contribution in [0.3, 0.4) is 0 Å². The van der Waals surface area contributed by atoms with Gasteiger partial charge in [-0.05, 0) is 54.5 Å². The summed E-state index contributed by atoms with van der Waals surface area (Å²) in [6.45, 7) is 1.42. The van der Waals surface area contributed by atoms with E-state index in [0.29, 0.717) is 41.8 Å². The molecule has 3 saturated heterocycles. The van der Waals surface area contributed by atoms with Crippen molar-refractivity contribution in [1.82, 2.24) is 20.0 Å². The Kier molecular flexibility index (Phi) is 9.17. The molecule has 278 valence electrons. The number of benzene rings is 2.